The fraction of sp³-hybridized carbons (Fsp3) is 0.267. The molecule has 0 bridgehead atoms. The lowest BCUT2D eigenvalue weighted by atomic mass is 10.2. The van der Waals surface area contributed by atoms with Crippen LogP contribution in [0.2, 0.25) is 0 Å². The number of nitrogens with zero attached hydrogens (tertiary/aromatic N) is 2. The van der Waals surface area contributed by atoms with Gasteiger partial charge in [-0.25, -0.2) is 9.97 Å². The van der Waals surface area contributed by atoms with Crippen molar-refractivity contribution in [2.45, 2.75) is 19.5 Å². The van der Waals surface area contributed by atoms with Crippen LogP contribution in [0.3, 0.4) is 0 Å². The van der Waals surface area contributed by atoms with E-state index in [4.69, 9.17) is 0 Å². The quantitative estimate of drug-likeness (QED) is 0.872. The molecule has 2 rings (SSSR count). The Bertz CT molecular complexity index is 719. The first kappa shape index (κ1) is 17.4. The lowest BCUT2D eigenvalue weighted by Crippen LogP contribution is -2.26. The molecule has 4 nitrogen and oxygen atoms in total. The van der Waals surface area contributed by atoms with Crippen LogP contribution in [0.15, 0.2) is 34.8 Å². The normalized spacial score (nSPS) is 11.3. The second-order valence-electron chi connectivity index (χ2n) is 4.79. The van der Waals surface area contributed by atoms with Gasteiger partial charge in [0.15, 0.2) is 0 Å². The summed E-state index contributed by atoms with van der Waals surface area (Å²) in [5.74, 6) is -0.272. The summed E-state index contributed by atoms with van der Waals surface area (Å²) in [7, 11) is 0. The minimum atomic E-state index is -4.51. The molecule has 23 heavy (non-hydrogen) atoms. The Balaban J connectivity index is 2.01. The third-order valence-corrected chi connectivity index (χ3v) is 3.64. The SMILES string of the molecule is Cc1cc(C(F)(F)F)nc(CCNC(=O)c2ccccc2Br)n1. The number of nitrogens with one attached hydrogen (secondary N) is 1. The Kier molecular flexibility index (Phi) is 5.35. The molecule has 0 aliphatic rings. The van der Waals surface area contributed by atoms with Crippen LogP contribution in [0, 0.1) is 6.92 Å². The van der Waals surface area contributed by atoms with E-state index >= 15 is 0 Å². The molecule has 0 radical (unpaired) electrons. The fourth-order valence-electron chi connectivity index (χ4n) is 1.92. The number of hydrogen-bond acceptors (Lipinski definition) is 3. The summed E-state index contributed by atoms with van der Waals surface area (Å²) in [6, 6.07) is 7.76. The van der Waals surface area contributed by atoms with Gasteiger partial charge >= 0.3 is 6.18 Å². The molecule has 8 heteroatoms. The zero-order valence-electron chi connectivity index (χ0n) is 12.1. The van der Waals surface area contributed by atoms with E-state index in [2.05, 4.69) is 31.2 Å². The summed E-state index contributed by atoms with van der Waals surface area (Å²) in [6.45, 7) is 1.61. The lowest BCUT2D eigenvalue weighted by Gasteiger charge is -2.10. The molecule has 0 fully saturated rings. The number of carbonyl (C=O) groups is 1. The van der Waals surface area contributed by atoms with Crippen molar-refractivity contribution in [2.24, 2.45) is 0 Å². The van der Waals surface area contributed by atoms with E-state index in [1.165, 1.54) is 6.92 Å². The van der Waals surface area contributed by atoms with Crippen LogP contribution in [0.1, 0.15) is 27.6 Å². The molecule has 0 spiro atoms. The van der Waals surface area contributed by atoms with Gasteiger partial charge in [0.1, 0.15) is 11.5 Å². The first-order valence-electron chi connectivity index (χ1n) is 6.72. The van der Waals surface area contributed by atoms with Gasteiger partial charge in [0.2, 0.25) is 0 Å². The zero-order chi connectivity index (χ0) is 17.0. The number of amides is 1. The Hall–Kier alpha value is -1.96. The van der Waals surface area contributed by atoms with Crippen LogP contribution in [0.5, 0.6) is 0 Å². The molecule has 1 heterocycles. The third kappa shape index (κ3) is 4.75. The van der Waals surface area contributed by atoms with Crippen molar-refractivity contribution in [3.8, 4) is 0 Å². The topological polar surface area (TPSA) is 54.9 Å². The van der Waals surface area contributed by atoms with E-state index in [0.717, 1.165) is 6.07 Å². The molecule has 0 saturated carbocycles. The molecule has 122 valence electrons. The van der Waals surface area contributed by atoms with Crippen molar-refractivity contribution in [1.29, 1.82) is 0 Å². The van der Waals surface area contributed by atoms with Crippen molar-refractivity contribution in [3.63, 3.8) is 0 Å². The fourth-order valence-corrected chi connectivity index (χ4v) is 2.38. The molecule has 0 aliphatic heterocycles. The van der Waals surface area contributed by atoms with Crippen LogP contribution >= 0.6 is 15.9 Å². The number of halogens is 4. The number of aryl methyl sites for hydroxylation is 1. The first-order chi connectivity index (χ1) is 10.8. The van der Waals surface area contributed by atoms with E-state index in [1.807, 2.05) is 0 Å². The van der Waals surface area contributed by atoms with Gasteiger partial charge in [0, 0.05) is 23.1 Å². The van der Waals surface area contributed by atoms with E-state index < -0.39 is 11.9 Å². The molecule has 0 atom stereocenters. The predicted molar refractivity (Wildman–Crippen MR) is 82.0 cm³/mol. The molecule has 1 aromatic carbocycles. The van der Waals surface area contributed by atoms with Crippen LogP contribution in [-0.2, 0) is 12.6 Å². The minimum absolute atomic E-state index is 0.0461. The molecule has 1 amide bonds. The third-order valence-electron chi connectivity index (χ3n) is 2.94. The summed E-state index contributed by atoms with van der Waals surface area (Å²) < 4.78 is 38.7. The van der Waals surface area contributed by atoms with Gasteiger partial charge in [-0.15, -0.1) is 0 Å². The number of rotatable bonds is 4. The number of carbonyl (C=O) groups excluding carboxylic acids is 1. The number of hydrogen-bond donors (Lipinski definition) is 1. The molecule has 2 aromatic rings. The molecule has 1 N–H and O–H groups in total. The Morgan fingerprint density at radius 2 is 1.96 bits per heavy atom. The van der Waals surface area contributed by atoms with Crippen LogP contribution < -0.4 is 5.32 Å². The van der Waals surface area contributed by atoms with E-state index in [-0.39, 0.29) is 30.4 Å². The molecule has 0 saturated heterocycles. The Morgan fingerprint density at radius 1 is 1.26 bits per heavy atom. The van der Waals surface area contributed by atoms with Gasteiger partial charge in [-0.3, -0.25) is 4.79 Å². The largest absolute Gasteiger partial charge is 0.433 e. The average Bonchev–Trinajstić information content (AvgIpc) is 2.46. The van der Waals surface area contributed by atoms with Gasteiger partial charge in [-0.1, -0.05) is 12.1 Å². The van der Waals surface area contributed by atoms with Gasteiger partial charge in [-0.05, 0) is 41.1 Å². The standard InChI is InChI=1S/C15H13BrF3N3O/c1-9-8-12(15(17,18)19)22-13(21-9)6-7-20-14(23)10-4-2-3-5-11(10)16/h2-5,8H,6-7H2,1H3,(H,20,23). The first-order valence-corrected chi connectivity index (χ1v) is 7.51. The second-order valence-corrected chi connectivity index (χ2v) is 5.65. The molecule has 0 unspecified atom stereocenters. The van der Waals surface area contributed by atoms with Gasteiger partial charge in [0.05, 0.1) is 5.56 Å². The summed E-state index contributed by atoms with van der Waals surface area (Å²) >= 11 is 3.26. The average molecular weight is 388 g/mol. The minimum Gasteiger partial charge on any atom is -0.352 e. The van der Waals surface area contributed by atoms with Crippen LogP contribution in [0.25, 0.3) is 0 Å². The second kappa shape index (κ2) is 7.08. The maximum absolute atomic E-state index is 12.7. The number of benzene rings is 1. The smallest absolute Gasteiger partial charge is 0.352 e. The van der Waals surface area contributed by atoms with Gasteiger partial charge < -0.3 is 5.32 Å². The van der Waals surface area contributed by atoms with Crippen molar-refractivity contribution in [1.82, 2.24) is 15.3 Å². The molecular weight excluding hydrogens is 375 g/mol. The summed E-state index contributed by atoms with van der Waals surface area (Å²) in [6.07, 6.45) is -4.40. The Morgan fingerprint density at radius 3 is 2.61 bits per heavy atom. The van der Waals surface area contributed by atoms with Crippen molar-refractivity contribution in [2.75, 3.05) is 6.54 Å². The van der Waals surface area contributed by atoms with Crippen molar-refractivity contribution >= 4 is 21.8 Å². The van der Waals surface area contributed by atoms with Gasteiger partial charge in [-0.2, -0.15) is 13.2 Å². The highest BCUT2D eigenvalue weighted by molar-refractivity contribution is 9.10. The van der Waals surface area contributed by atoms with E-state index in [0.29, 0.717) is 10.0 Å². The number of alkyl halides is 3. The molecule has 0 aliphatic carbocycles. The van der Waals surface area contributed by atoms with Gasteiger partial charge in [0.25, 0.3) is 5.91 Å². The summed E-state index contributed by atoms with van der Waals surface area (Å²) in [4.78, 5) is 19.4. The maximum Gasteiger partial charge on any atom is 0.433 e. The van der Waals surface area contributed by atoms with Crippen LogP contribution in [-0.4, -0.2) is 22.4 Å². The zero-order valence-corrected chi connectivity index (χ0v) is 13.7. The van der Waals surface area contributed by atoms with Crippen molar-refractivity contribution in [3.05, 3.63) is 57.6 Å². The highest BCUT2D eigenvalue weighted by atomic mass is 79.9. The van der Waals surface area contributed by atoms with E-state index in [1.54, 1.807) is 24.3 Å². The maximum atomic E-state index is 12.7. The highest BCUT2D eigenvalue weighted by Gasteiger charge is 2.33. The summed E-state index contributed by atoms with van der Waals surface area (Å²) in [5, 5.41) is 2.64. The van der Waals surface area contributed by atoms with E-state index in [9.17, 15) is 18.0 Å². The summed E-state index contributed by atoms with van der Waals surface area (Å²) in [5.41, 5.74) is -0.287. The highest BCUT2D eigenvalue weighted by Crippen LogP contribution is 2.27. The predicted octanol–water partition coefficient (Wildman–Crippen LogP) is 3.54. The molecular formula is C15H13BrF3N3O. The Labute approximate surface area is 139 Å². The van der Waals surface area contributed by atoms with Crippen LogP contribution in [0.4, 0.5) is 13.2 Å². The lowest BCUT2D eigenvalue weighted by molar-refractivity contribution is -0.141. The van der Waals surface area contributed by atoms with Crippen molar-refractivity contribution < 1.29 is 18.0 Å². The number of aromatic nitrogens is 2. The molecule has 1 aromatic heterocycles. The monoisotopic (exact) mass is 387 g/mol.